The minimum absolute atomic E-state index is 0.145. The van der Waals surface area contributed by atoms with Crippen molar-refractivity contribution in [3.05, 3.63) is 54.1 Å². The number of fused-ring (bicyclic) bond motifs is 1. The second kappa shape index (κ2) is 8.44. The molecule has 4 rings (SSSR count). The molecular weight excluding hydrogens is 354 g/mol. The van der Waals surface area contributed by atoms with Gasteiger partial charge in [-0.15, -0.1) is 0 Å². The highest BCUT2D eigenvalue weighted by Crippen LogP contribution is 2.22. The van der Waals surface area contributed by atoms with Crippen LogP contribution in [0.15, 0.2) is 48.5 Å². The van der Waals surface area contributed by atoms with E-state index in [2.05, 4.69) is 17.2 Å². The van der Waals surface area contributed by atoms with Gasteiger partial charge in [0, 0.05) is 18.7 Å². The van der Waals surface area contributed by atoms with E-state index in [1.54, 1.807) is 12.1 Å². The SMILES string of the molecule is CCCn1c(NC(=O)c2cccc(OCC3CCCO3)c2)nc2ccccc21. The van der Waals surface area contributed by atoms with Crippen molar-refractivity contribution < 1.29 is 14.3 Å². The minimum atomic E-state index is -0.199. The van der Waals surface area contributed by atoms with Crippen LogP contribution >= 0.6 is 0 Å². The van der Waals surface area contributed by atoms with Crippen LogP contribution in [0.2, 0.25) is 0 Å². The lowest BCUT2D eigenvalue weighted by atomic mass is 10.2. The number of anilines is 1. The Balaban J connectivity index is 1.49. The fourth-order valence-electron chi connectivity index (χ4n) is 3.49. The molecule has 0 spiro atoms. The number of hydrogen-bond donors (Lipinski definition) is 1. The van der Waals surface area contributed by atoms with E-state index in [1.807, 2.05) is 41.0 Å². The number of ether oxygens (including phenoxy) is 2. The van der Waals surface area contributed by atoms with Gasteiger partial charge >= 0.3 is 0 Å². The van der Waals surface area contributed by atoms with E-state index >= 15 is 0 Å². The van der Waals surface area contributed by atoms with Crippen molar-refractivity contribution in [1.82, 2.24) is 9.55 Å². The zero-order chi connectivity index (χ0) is 19.3. The fraction of sp³-hybridized carbons (Fsp3) is 0.364. The third-order valence-electron chi connectivity index (χ3n) is 4.88. The maximum absolute atomic E-state index is 12.8. The van der Waals surface area contributed by atoms with Crippen molar-refractivity contribution in [1.29, 1.82) is 0 Å². The second-order valence-corrected chi connectivity index (χ2v) is 7.00. The second-order valence-electron chi connectivity index (χ2n) is 7.00. The number of hydrogen-bond acceptors (Lipinski definition) is 4. The normalized spacial score (nSPS) is 16.4. The van der Waals surface area contributed by atoms with Gasteiger partial charge < -0.3 is 14.0 Å². The monoisotopic (exact) mass is 379 g/mol. The number of benzene rings is 2. The van der Waals surface area contributed by atoms with Crippen LogP contribution in [-0.2, 0) is 11.3 Å². The Morgan fingerprint density at radius 2 is 2.18 bits per heavy atom. The molecule has 6 nitrogen and oxygen atoms in total. The first-order valence-electron chi connectivity index (χ1n) is 9.85. The number of aromatic nitrogens is 2. The Labute approximate surface area is 164 Å². The van der Waals surface area contributed by atoms with Gasteiger partial charge in [-0.3, -0.25) is 10.1 Å². The summed E-state index contributed by atoms with van der Waals surface area (Å²) in [5.74, 6) is 1.04. The molecule has 0 saturated carbocycles. The molecule has 0 aliphatic carbocycles. The van der Waals surface area contributed by atoms with Crippen LogP contribution in [0, 0.1) is 0 Å². The smallest absolute Gasteiger partial charge is 0.258 e. The van der Waals surface area contributed by atoms with Crippen LogP contribution in [0.25, 0.3) is 11.0 Å². The Morgan fingerprint density at radius 1 is 1.29 bits per heavy atom. The van der Waals surface area contributed by atoms with Crippen LogP contribution in [-0.4, -0.2) is 34.8 Å². The summed E-state index contributed by atoms with van der Waals surface area (Å²) in [7, 11) is 0. The van der Waals surface area contributed by atoms with E-state index in [-0.39, 0.29) is 12.0 Å². The van der Waals surface area contributed by atoms with E-state index in [0.717, 1.165) is 43.4 Å². The van der Waals surface area contributed by atoms with Crippen molar-refractivity contribution in [2.24, 2.45) is 0 Å². The lowest BCUT2D eigenvalue weighted by Gasteiger charge is -2.12. The molecule has 1 saturated heterocycles. The summed E-state index contributed by atoms with van der Waals surface area (Å²) < 4.78 is 13.4. The van der Waals surface area contributed by atoms with Gasteiger partial charge in [-0.2, -0.15) is 0 Å². The number of carbonyl (C=O) groups is 1. The highest BCUT2D eigenvalue weighted by Gasteiger charge is 2.17. The number of para-hydroxylation sites is 2. The van der Waals surface area contributed by atoms with Crippen LogP contribution in [0.3, 0.4) is 0 Å². The number of amides is 1. The van der Waals surface area contributed by atoms with Crippen molar-refractivity contribution in [3.8, 4) is 5.75 Å². The van der Waals surface area contributed by atoms with Gasteiger partial charge in [0.25, 0.3) is 5.91 Å². The Bertz CT molecular complexity index is 961. The predicted octanol–water partition coefficient (Wildman–Crippen LogP) is 4.26. The first-order valence-corrected chi connectivity index (χ1v) is 9.85. The molecule has 1 unspecified atom stereocenters. The van der Waals surface area contributed by atoms with Crippen molar-refractivity contribution in [2.45, 2.75) is 38.8 Å². The zero-order valence-corrected chi connectivity index (χ0v) is 16.1. The van der Waals surface area contributed by atoms with Gasteiger partial charge in [0.1, 0.15) is 12.4 Å². The molecule has 1 atom stereocenters. The predicted molar refractivity (Wildman–Crippen MR) is 109 cm³/mol. The molecule has 0 bridgehead atoms. The third kappa shape index (κ3) is 4.02. The number of carbonyl (C=O) groups excluding carboxylic acids is 1. The van der Waals surface area contributed by atoms with Gasteiger partial charge in [-0.05, 0) is 49.6 Å². The molecule has 0 radical (unpaired) electrons. The molecule has 28 heavy (non-hydrogen) atoms. The molecule has 1 fully saturated rings. The molecule has 1 aliphatic rings. The molecule has 1 aromatic heterocycles. The van der Waals surface area contributed by atoms with Gasteiger partial charge in [-0.25, -0.2) is 4.98 Å². The Hall–Kier alpha value is -2.86. The fourth-order valence-corrected chi connectivity index (χ4v) is 3.49. The van der Waals surface area contributed by atoms with Crippen molar-refractivity contribution >= 4 is 22.9 Å². The molecule has 1 N–H and O–H groups in total. The topological polar surface area (TPSA) is 65.4 Å². The van der Waals surface area contributed by atoms with E-state index in [9.17, 15) is 4.79 Å². The molecule has 1 aliphatic heterocycles. The summed E-state index contributed by atoms with van der Waals surface area (Å²) in [5.41, 5.74) is 2.44. The van der Waals surface area contributed by atoms with Crippen LogP contribution in [0.4, 0.5) is 5.95 Å². The maximum atomic E-state index is 12.8. The maximum Gasteiger partial charge on any atom is 0.258 e. The van der Waals surface area contributed by atoms with Crippen LogP contribution < -0.4 is 10.1 Å². The molecule has 1 amide bonds. The van der Waals surface area contributed by atoms with Crippen molar-refractivity contribution in [2.75, 3.05) is 18.5 Å². The summed E-state index contributed by atoms with van der Waals surface area (Å²) in [6.07, 6.45) is 3.20. The van der Waals surface area contributed by atoms with E-state index < -0.39 is 0 Å². The average Bonchev–Trinajstić information content (AvgIpc) is 3.35. The molecule has 2 heterocycles. The quantitative estimate of drug-likeness (QED) is 0.666. The van der Waals surface area contributed by atoms with Gasteiger partial charge in [-0.1, -0.05) is 25.1 Å². The average molecular weight is 379 g/mol. The van der Waals surface area contributed by atoms with Gasteiger partial charge in [0.15, 0.2) is 0 Å². The first-order chi connectivity index (χ1) is 13.7. The summed E-state index contributed by atoms with van der Waals surface area (Å²) >= 11 is 0. The number of rotatable bonds is 7. The first kappa shape index (κ1) is 18.5. The highest BCUT2D eigenvalue weighted by atomic mass is 16.5. The van der Waals surface area contributed by atoms with Crippen molar-refractivity contribution in [3.63, 3.8) is 0 Å². The number of nitrogens with one attached hydrogen (secondary N) is 1. The van der Waals surface area contributed by atoms with Crippen LogP contribution in [0.5, 0.6) is 5.75 Å². The summed E-state index contributed by atoms with van der Waals surface area (Å²) in [6.45, 7) is 4.21. The summed E-state index contributed by atoms with van der Waals surface area (Å²) in [6, 6.07) is 15.1. The number of aryl methyl sites for hydroxylation is 1. The molecular formula is C22H25N3O3. The molecule has 3 aromatic rings. The van der Waals surface area contributed by atoms with Crippen LogP contribution in [0.1, 0.15) is 36.5 Å². The minimum Gasteiger partial charge on any atom is -0.491 e. The van der Waals surface area contributed by atoms with Gasteiger partial charge in [0.05, 0.1) is 17.1 Å². The summed E-state index contributed by atoms with van der Waals surface area (Å²) in [4.78, 5) is 17.4. The van der Waals surface area contributed by atoms with Gasteiger partial charge in [0.2, 0.25) is 5.95 Å². The Morgan fingerprint density at radius 3 is 3.00 bits per heavy atom. The van der Waals surface area contributed by atoms with E-state index in [0.29, 0.717) is 23.9 Å². The van der Waals surface area contributed by atoms with E-state index in [4.69, 9.17) is 9.47 Å². The largest absolute Gasteiger partial charge is 0.491 e. The lowest BCUT2D eigenvalue weighted by molar-refractivity contribution is 0.0679. The van der Waals surface area contributed by atoms with E-state index in [1.165, 1.54) is 0 Å². The lowest BCUT2D eigenvalue weighted by Crippen LogP contribution is -2.18. The number of imidazole rings is 1. The standard InChI is InChI=1S/C22H25N3O3/c1-2-12-25-20-11-4-3-10-19(20)23-22(25)24-21(26)16-7-5-8-17(14-16)28-15-18-9-6-13-27-18/h3-5,7-8,10-11,14,18H,2,6,9,12-13,15H2,1H3,(H,23,24,26). The molecule has 6 heteroatoms. The Kier molecular flexibility index (Phi) is 5.58. The number of nitrogens with zero attached hydrogens (tertiary/aromatic N) is 2. The molecule has 146 valence electrons. The highest BCUT2D eigenvalue weighted by molar-refractivity contribution is 6.04. The third-order valence-corrected chi connectivity index (χ3v) is 4.88. The molecule has 2 aromatic carbocycles. The summed E-state index contributed by atoms with van der Waals surface area (Å²) in [5, 5.41) is 2.96. The zero-order valence-electron chi connectivity index (χ0n) is 16.1.